The first kappa shape index (κ1) is 32.9. The van der Waals surface area contributed by atoms with Crippen LogP contribution in [0.1, 0.15) is 34.0 Å². The Morgan fingerprint density at radius 2 is 1.71 bits per heavy atom. The molecule has 0 radical (unpaired) electrons. The van der Waals surface area contributed by atoms with Crippen LogP contribution in [0.15, 0.2) is 40.9 Å². The topological polar surface area (TPSA) is 187 Å². The van der Waals surface area contributed by atoms with Crippen molar-refractivity contribution >= 4 is 41.0 Å². The van der Waals surface area contributed by atoms with Crippen LogP contribution in [0.4, 0.5) is 13.2 Å². The van der Waals surface area contributed by atoms with Crippen molar-refractivity contribution in [2.24, 2.45) is 7.05 Å². The molecule has 12 nitrogen and oxygen atoms in total. The summed E-state index contributed by atoms with van der Waals surface area (Å²) in [5.74, 6) is -4.18. The van der Waals surface area contributed by atoms with Gasteiger partial charge in [-0.3, -0.25) is 9.48 Å². The van der Waals surface area contributed by atoms with Crippen LogP contribution in [-0.2, 0) is 22.8 Å². The molecule has 3 heterocycles. The minimum atomic E-state index is -4.40. The van der Waals surface area contributed by atoms with Gasteiger partial charge in [-0.1, -0.05) is 23.7 Å². The van der Waals surface area contributed by atoms with Crippen LogP contribution in [-0.4, -0.2) is 79.4 Å². The molecule has 0 saturated carbocycles. The predicted molar refractivity (Wildman–Crippen MR) is 141 cm³/mol. The highest BCUT2D eigenvalue weighted by Crippen LogP contribution is 2.36. The van der Waals surface area contributed by atoms with Gasteiger partial charge in [0.25, 0.3) is 5.91 Å². The summed E-state index contributed by atoms with van der Waals surface area (Å²) in [6, 6.07) is 6.19. The summed E-state index contributed by atoms with van der Waals surface area (Å²) in [4.78, 5) is 32.4. The van der Waals surface area contributed by atoms with E-state index in [1.54, 1.807) is 7.05 Å². The number of aliphatic hydroxyl groups excluding tert-OH is 2. The van der Waals surface area contributed by atoms with Crippen molar-refractivity contribution < 1.29 is 52.4 Å². The number of nitrogens with zero attached hydrogens (tertiary/aromatic N) is 2. The number of rotatable bonds is 7. The van der Waals surface area contributed by atoms with E-state index in [2.05, 4.69) is 15.7 Å². The van der Waals surface area contributed by atoms with Gasteiger partial charge in [0.05, 0.1) is 28.0 Å². The zero-order valence-electron chi connectivity index (χ0n) is 21.6. The Bertz CT molecular complexity index is 1390. The summed E-state index contributed by atoms with van der Waals surface area (Å²) < 4.78 is 45.6. The van der Waals surface area contributed by atoms with E-state index in [-0.39, 0.29) is 22.9 Å². The van der Waals surface area contributed by atoms with Crippen LogP contribution in [0.2, 0.25) is 10.2 Å². The SMILES string of the molecule is Cn1ncc(Cl)c1-c1cc(C(=O)N[C@H]2CNCC[C@@H]2c2ccc(C(F)(F)F)cc2)oc1Cl.O=C(O)[C@H](O)[C@@H](O)C(=O)O. The zero-order chi connectivity index (χ0) is 31.4. The number of aliphatic carboxylic acids is 2. The lowest BCUT2D eigenvalue weighted by molar-refractivity contribution is -0.165. The van der Waals surface area contributed by atoms with Gasteiger partial charge < -0.3 is 35.5 Å². The number of carboxylic acid groups (broad SMARTS) is 2. The van der Waals surface area contributed by atoms with E-state index in [0.717, 1.165) is 17.7 Å². The molecule has 0 aliphatic carbocycles. The molecule has 1 amide bonds. The van der Waals surface area contributed by atoms with Crippen molar-refractivity contribution in [2.75, 3.05) is 13.1 Å². The number of carboxylic acids is 2. The maximum Gasteiger partial charge on any atom is 0.416 e. The third-order valence-electron chi connectivity index (χ3n) is 6.33. The van der Waals surface area contributed by atoms with Crippen LogP contribution < -0.4 is 10.6 Å². The molecule has 1 aromatic carbocycles. The summed E-state index contributed by atoms with van der Waals surface area (Å²) in [5, 5.41) is 43.1. The fourth-order valence-corrected chi connectivity index (χ4v) is 4.69. The molecule has 2 aromatic heterocycles. The number of carbonyl (C=O) groups is 3. The fraction of sp³-hybridized carbons (Fsp3) is 0.360. The second kappa shape index (κ2) is 13.6. The molecule has 0 spiro atoms. The largest absolute Gasteiger partial charge is 0.479 e. The molecule has 17 heteroatoms. The van der Waals surface area contributed by atoms with Crippen LogP contribution in [0.5, 0.6) is 0 Å². The van der Waals surface area contributed by atoms with Crippen LogP contribution in [0, 0.1) is 0 Å². The monoisotopic (exact) mass is 636 g/mol. The lowest BCUT2D eigenvalue weighted by Gasteiger charge is -2.33. The predicted octanol–water partition coefficient (Wildman–Crippen LogP) is 2.76. The number of nitrogens with one attached hydrogen (secondary N) is 2. The first-order valence-corrected chi connectivity index (χ1v) is 12.8. The van der Waals surface area contributed by atoms with E-state index in [9.17, 15) is 27.6 Å². The highest BCUT2D eigenvalue weighted by atomic mass is 35.5. The number of amides is 1. The van der Waals surface area contributed by atoms with Crippen molar-refractivity contribution in [1.29, 1.82) is 0 Å². The summed E-state index contributed by atoms with van der Waals surface area (Å²) in [6.07, 6.45) is -6.81. The number of aromatic nitrogens is 2. The quantitative estimate of drug-likeness (QED) is 0.225. The van der Waals surface area contributed by atoms with Crippen molar-refractivity contribution in [3.8, 4) is 11.3 Å². The Morgan fingerprint density at radius 1 is 1.12 bits per heavy atom. The van der Waals surface area contributed by atoms with E-state index < -0.39 is 41.8 Å². The van der Waals surface area contributed by atoms with E-state index in [0.29, 0.717) is 35.8 Å². The normalized spacial score (nSPS) is 18.4. The number of furan rings is 1. The second-order valence-electron chi connectivity index (χ2n) is 9.13. The Balaban J connectivity index is 0.000000416. The zero-order valence-corrected chi connectivity index (χ0v) is 23.1. The third-order valence-corrected chi connectivity index (χ3v) is 6.89. The first-order chi connectivity index (χ1) is 19.6. The highest BCUT2D eigenvalue weighted by Gasteiger charge is 2.33. The van der Waals surface area contributed by atoms with Gasteiger partial charge >= 0.3 is 18.1 Å². The molecule has 4 rings (SSSR count). The first-order valence-electron chi connectivity index (χ1n) is 12.1. The van der Waals surface area contributed by atoms with E-state index in [1.165, 1.54) is 29.1 Å². The lowest BCUT2D eigenvalue weighted by atomic mass is 9.85. The second-order valence-corrected chi connectivity index (χ2v) is 9.88. The molecule has 4 atom stereocenters. The Hall–Kier alpha value is -3.63. The van der Waals surface area contributed by atoms with Crippen molar-refractivity contribution in [3.63, 3.8) is 0 Å². The van der Waals surface area contributed by atoms with Gasteiger partial charge in [-0.15, -0.1) is 0 Å². The number of halogens is 5. The number of alkyl halides is 3. The van der Waals surface area contributed by atoms with Gasteiger partial charge in [0.15, 0.2) is 18.0 Å². The van der Waals surface area contributed by atoms with Crippen molar-refractivity contribution in [3.05, 3.63) is 63.7 Å². The number of carbonyl (C=O) groups excluding carboxylic acids is 1. The Morgan fingerprint density at radius 3 is 2.21 bits per heavy atom. The molecule has 228 valence electrons. The maximum atomic E-state index is 12.9. The Labute approximate surface area is 245 Å². The molecule has 0 bridgehead atoms. The third kappa shape index (κ3) is 7.80. The molecule has 6 N–H and O–H groups in total. The summed E-state index contributed by atoms with van der Waals surface area (Å²) in [5.41, 5.74) is 0.969. The Kier molecular flexibility index (Phi) is 10.6. The number of aryl methyl sites for hydroxylation is 1. The standard InChI is InChI=1S/C21H19Cl2F3N4O2.C4H6O6/c1-30-18(15(22)9-28-30)14-8-17(32-19(14)23)20(31)29-16-10-27-7-6-13(16)11-2-4-12(5-3-11)21(24,25)26;5-1(3(7)8)2(6)4(9)10/h2-5,8-9,13,16,27H,6-7,10H2,1H3,(H,29,31);1-2,5-6H,(H,7,8)(H,9,10)/t13-,16+;1-,2-/m11/s1. The summed E-state index contributed by atoms with van der Waals surface area (Å²) >= 11 is 12.4. The van der Waals surface area contributed by atoms with Gasteiger partial charge in [-0.2, -0.15) is 18.3 Å². The minimum absolute atomic E-state index is 0.000917. The summed E-state index contributed by atoms with van der Waals surface area (Å²) in [6.45, 7) is 1.15. The number of hydrogen-bond acceptors (Lipinski definition) is 8. The van der Waals surface area contributed by atoms with E-state index in [1.807, 2.05) is 0 Å². The molecule has 1 fully saturated rings. The molecule has 3 aromatic rings. The van der Waals surface area contributed by atoms with Gasteiger partial charge in [0.2, 0.25) is 5.22 Å². The number of piperidine rings is 1. The van der Waals surface area contributed by atoms with Gasteiger partial charge in [-0.25, -0.2) is 9.59 Å². The fourth-order valence-electron chi connectivity index (χ4n) is 4.19. The van der Waals surface area contributed by atoms with Crippen LogP contribution >= 0.6 is 23.2 Å². The number of benzene rings is 1. The average Bonchev–Trinajstić information content (AvgIpc) is 3.48. The molecule has 42 heavy (non-hydrogen) atoms. The average molecular weight is 637 g/mol. The number of aliphatic hydroxyl groups is 2. The molecule has 1 aliphatic rings. The van der Waals surface area contributed by atoms with Gasteiger partial charge in [0.1, 0.15) is 0 Å². The van der Waals surface area contributed by atoms with Crippen LogP contribution in [0.3, 0.4) is 0 Å². The smallest absolute Gasteiger partial charge is 0.416 e. The van der Waals surface area contributed by atoms with E-state index >= 15 is 0 Å². The maximum absolute atomic E-state index is 12.9. The minimum Gasteiger partial charge on any atom is -0.479 e. The van der Waals surface area contributed by atoms with Crippen molar-refractivity contribution in [2.45, 2.75) is 36.8 Å². The highest BCUT2D eigenvalue weighted by molar-refractivity contribution is 6.35. The summed E-state index contributed by atoms with van der Waals surface area (Å²) in [7, 11) is 1.69. The van der Waals surface area contributed by atoms with Gasteiger partial charge in [-0.05, 0) is 42.3 Å². The lowest BCUT2D eigenvalue weighted by Crippen LogP contribution is -2.50. The molecular formula is C25H25Cl2F3N4O8. The number of hydrogen-bond donors (Lipinski definition) is 6. The molecule has 1 saturated heterocycles. The van der Waals surface area contributed by atoms with Gasteiger partial charge in [0, 0.05) is 31.6 Å². The van der Waals surface area contributed by atoms with Crippen LogP contribution in [0.25, 0.3) is 11.3 Å². The van der Waals surface area contributed by atoms with Crippen molar-refractivity contribution in [1.82, 2.24) is 20.4 Å². The molecular weight excluding hydrogens is 612 g/mol. The molecule has 1 aliphatic heterocycles. The molecule has 0 unspecified atom stereocenters. The van der Waals surface area contributed by atoms with E-state index in [4.69, 9.17) is 48.0 Å².